The predicted octanol–water partition coefficient (Wildman–Crippen LogP) is 2.90. The van der Waals surface area contributed by atoms with Gasteiger partial charge in [0.05, 0.1) is 13.2 Å². The molecule has 27 heavy (non-hydrogen) atoms. The molecule has 0 saturated carbocycles. The lowest BCUT2D eigenvalue weighted by Gasteiger charge is -2.28. The average Bonchev–Trinajstić information content (AvgIpc) is 2.66. The minimum atomic E-state index is -0.706. The molecule has 1 aliphatic heterocycles. The smallest absolute Gasteiger partial charge is 0.246 e. The molecular weight excluding hydrogens is 345 g/mol. The molecule has 5 nitrogen and oxygen atoms in total. The molecule has 6 heteroatoms. The highest BCUT2D eigenvalue weighted by Gasteiger charge is 2.26. The van der Waals surface area contributed by atoms with Crippen LogP contribution >= 0.6 is 0 Å². The molecule has 1 fully saturated rings. The molecule has 0 bridgehead atoms. The molecule has 1 heterocycles. The molecular formula is C21H26FN3O2. The number of likely N-dealkylation sites (N-methyl/N-ethyl adjacent to an activating group) is 1. The summed E-state index contributed by atoms with van der Waals surface area (Å²) < 4.78 is 19.7. The van der Waals surface area contributed by atoms with Gasteiger partial charge in [-0.25, -0.2) is 4.39 Å². The van der Waals surface area contributed by atoms with Gasteiger partial charge in [0.2, 0.25) is 5.91 Å². The molecule has 1 atom stereocenters. The SMILES string of the molecule is CN(C)C(C(=O)Nc1ccccc1CN1CCOCC1)c1ccccc1F. The molecule has 0 spiro atoms. The minimum absolute atomic E-state index is 0.250. The molecule has 1 amide bonds. The van der Waals surface area contributed by atoms with Crippen molar-refractivity contribution in [1.82, 2.24) is 9.80 Å². The summed E-state index contributed by atoms with van der Waals surface area (Å²) in [7, 11) is 3.55. The van der Waals surface area contributed by atoms with Crippen molar-refractivity contribution in [1.29, 1.82) is 0 Å². The van der Waals surface area contributed by atoms with Gasteiger partial charge >= 0.3 is 0 Å². The Morgan fingerprint density at radius 2 is 1.81 bits per heavy atom. The normalized spacial score (nSPS) is 16.3. The Bertz CT molecular complexity index is 776. The topological polar surface area (TPSA) is 44.8 Å². The van der Waals surface area contributed by atoms with Crippen molar-refractivity contribution in [3.8, 4) is 0 Å². The van der Waals surface area contributed by atoms with Gasteiger partial charge in [-0.2, -0.15) is 0 Å². The van der Waals surface area contributed by atoms with Crippen LogP contribution in [0.15, 0.2) is 48.5 Å². The maximum atomic E-state index is 14.3. The van der Waals surface area contributed by atoms with Crippen LogP contribution in [0.25, 0.3) is 0 Å². The van der Waals surface area contributed by atoms with E-state index in [1.165, 1.54) is 6.07 Å². The maximum absolute atomic E-state index is 14.3. The second kappa shape index (κ2) is 9.08. The summed E-state index contributed by atoms with van der Waals surface area (Å²) in [6, 6.07) is 13.5. The summed E-state index contributed by atoms with van der Waals surface area (Å²) in [4.78, 5) is 17.0. The van der Waals surface area contributed by atoms with Crippen molar-refractivity contribution in [2.45, 2.75) is 12.6 Å². The first-order chi connectivity index (χ1) is 13.1. The standard InChI is InChI=1S/C21H26FN3O2/c1-24(2)20(17-8-4-5-9-18(17)22)21(26)23-19-10-6-3-7-16(19)15-25-11-13-27-14-12-25/h3-10,20H,11-15H2,1-2H3,(H,23,26). The van der Waals surface area contributed by atoms with E-state index in [1.807, 2.05) is 24.3 Å². The third-order valence-corrected chi connectivity index (χ3v) is 4.74. The molecule has 144 valence electrons. The molecule has 1 unspecified atom stereocenters. The number of hydrogen-bond acceptors (Lipinski definition) is 4. The van der Waals surface area contributed by atoms with Gasteiger partial charge in [0.25, 0.3) is 0 Å². The van der Waals surface area contributed by atoms with Crippen molar-refractivity contribution in [3.63, 3.8) is 0 Å². The van der Waals surface area contributed by atoms with E-state index in [-0.39, 0.29) is 11.7 Å². The summed E-state index contributed by atoms with van der Waals surface area (Å²) >= 11 is 0. The van der Waals surface area contributed by atoms with E-state index >= 15 is 0 Å². The van der Waals surface area contributed by atoms with Crippen LogP contribution in [0.5, 0.6) is 0 Å². The van der Waals surface area contributed by atoms with Crippen LogP contribution in [-0.4, -0.2) is 56.1 Å². The zero-order valence-electron chi connectivity index (χ0n) is 15.8. The number of amides is 1. The lowest BCUT2D eigenvalue weighted by molar-refractivity contribution is -0.120. The zero-order chi connectivity index (χ0) is 19.2. The predicted molar refractivity (Wildman–Crippen MR) is 104 cm³/mol. The number of halogens is 1. The largest absolute Gasteiger partial charge is 0.379 e. The van der Waals surface area contributed by atoms with Crippen molar-refractivity contribution >= 4 is 11.6 Å². The fourth-order valence-corrected chi connectivity index (χ4v) is 3.33. The van der Waals surface area contributed by atoms with Gasteiger partial charge in [-0.05, 0) is 31.8 Å². The minimum Gasteiger partial charge on any atom is -0.379 e. The van der Waals surface area contributed by atoms with Gasteiger partial charge < -0.3 is 10.1 Å². The summed E-state index contributed by atoms with van der Waals surface area (Å²) in [5, 5.41) is 3.00. The van der Waals surface area contributed by atoms with E-state index in [4.69, 9.17) is 4.74 Å². The van der Waals surface area contributed by atoms with E-state index in [0.29, 0.717) is 5.56 Å². The number of benzene rings is 2. The summed E-state index contributed by atoms with van der Waals surface area (Å²) in [6.45, 7) is 3.94. The number of morpholine rings is 1. The van der Waals surface area contributed by atoms with Crippen LogP contribution < -0.4 is 5.32 Å². The summed E-state index contributed by atoms with van der Waals surface area (Å²) in [5.41, 5.74) is 2.17. The van der Waals surface area contributed by atoms with Crippen LogP contribution in [-0.2, 0) is 16.1 Å². The van der Waals surface area contributed by atoms with E-state index in [2.05, 4.69) is 10.2 Å². The number of carbonyl (C=O) groups is 1. The third-order valence-electron chi connectivity index (χ3n) is 4.74. The van der Waals surface area contributed by atoms with E-state index in [0.717, 1.165) is 44.1 Å². The number of rotatable bonds is 6. The fraction of sp³-hybridized carbons (Fsp3) is 0.381. The summed E-state index contributed by atoms with van der Waals surface area (Å²) in [6.07, 6.45) is 0. The molecule has 1 aliphatic rings. The van der Waals surface area contributed by atoms with Crippen LogP contribution in [0.3, 0.4) is 0 Å². The van der Waals surface area contributed by atoms with Crippen molar-refractivity contribution in [3.05, 3.63) is 65.5 Å². The number of anilines is 1. The van der Waals surface area contributed by atoms with E-state index in [1.54, 1.807) is 37.2 Å². The van der Waals surface area contributed by atoms with Crippen LogP contribution in [0.1, 0.15) is 17.2 Å². The highest BCUT2D eigenvalue weighted by molar-refractivity contribution is 5.96. The molecule has 3 rings (SSSR count). The van der Waals surface area contributed by atoms with E-state index in [9.17, 15) is 9.18 Å². The van der Waals surface area contributed by atoms with Crippen LogP contribution in [0.4, 0.5) is 10.1 Å². The average molecular weight is 371 g/mol. The number of nitrogens with one attached hydrogen (secondary N) is 1. The highest BCUT2D eigenvalue weighted by Crippen LogP contribution is 2.25. The van der Waals surface area contributed by atoms with E-state index < -0.39 is 6.04 Å². The van der Waals surface area contributed by atoms with Crippen molar-refractivity contribution in [2.24, 2.45) is 0 Å². The summed E-state index contributed by atoms with van der Waals surface area (Å²) in [5.74, 6) is -0.632. The molecule has 0 radical (unpaired) electrons. The number of ether oxygens (including phenoxy) is 1. The Balaban J connectivity index is 1.79. The molecule has 0 aliphatic carbocycles. The Morgan fingerprint density at radius 3 is 2.52 bits per heavy atom. The van der Waals surface area contributed by atoms with Crippen molar-refractivity contribution < 1.29 is 13.9 Å². The lowest BCUT2D eigenvalue weighted by Crippen LogP contribution is -2.36. The van der Waals surface area contributed by atoms with Gasteiger partial charge in [0.15, 0.2) is 0 Å². The third kappa shape index (κ3) is 4.91. The monoisotopic (exact) mass is 371 g/mol. The Hall–Kier alpha value is -2.28. The van der Waals surface area contributed by atoms with Crippen LogP contribution in [0, 0.1) is 5.82 Å². The molecule has 1 N–H and O–H groups in total. The number of nitrogens with zero attached hydrogens (tertiary/aromatic N) is 2. The van der Waals surface area contributed by atoms with Gasteiger partial charge in [0, 0.05) is 30.9 Å². The number of carbonyl (C=O) groups excluding carboxylic acids is 1. The first-order valence-electron chi connectivity index (χ1n) is 9.16. The first kappa shape index (κ1) is 19.5. The highest BCUT2D eigenvalue weighted by atomic mass is 19.1. The molecule has 0 aromatic heterocycles. The molecule has 2 aromatic rings. The maximum Gasteiger partial charge on any atom is 0.246 e. The van der Waals surface area contributed by atoms with Gasteiger partial charge in [-0.15, -0.1) is 0 Å². The zero-order valence-corrected chi connectivity index (χ0v) is 15.8. The Labute approximate surface area is 159 Å². The van der Waals surface area contributed by atoms with Gasteiger partial charge in [0.1, 0.15) is 11.9 Å². The second-order valence-corrected chi connectivity index (χ2v) is 6.92. The first-order valence-corrected chi connectivity index (χ1v) is 9.16. The lowest BCUT2D eigenvalue weighted by atomic mass is 10.0. The molecule has 1 saturated heterocycles. The number of hydrogen-bond donors (Lipinski definition) is 1. The van der Waals surface area contributed by atoms with Crippen LogP contribution in [0.2, 0.25) is 0 Å². The fourth-order valence-electron chi connectivity index (χ4n) is 3.33. The molecule has 2 aromatic carbocycles. The van der Waals surface area contributed by atoms with Gasteiger partial charge in [-0.3, -0.25) is 14.6 Å². The quantitative estimate of drug-likeness (QED) is 0.848. The second-order valence-electron chi connectivity index (χ2n) is 6.92. The Morgan fingerprint density at radius 1 is 1.15 bits per heavy atom. The Kier molecular flexibility index (Phi) is 6.55. The number of para-hydroxylation sites is 1. The van der Waals surface area contributed by atoms with Gasteiger partial charge in [-0.1, -0.05) is 36.4 Å². The van der Waals surface area contributed by atoms with Crippen molar-refractivity contribution in [2.75, 3.05) is 45.7 Å².